The van der Waals surface area contributed by atoms with Crippen molar-refractivity contribution in [2.24, 2.45) is 0 Å². The van der Waals surface area contributed by atoms with Gasteiger partial charge in [0.15, 0.2) is 0 Å². The molecule has 112 valence electrons. The van der Waals surface area contributed by atoms with Gasteiger partial charge in [-0.1, -0.05) is 6.07 Å². The Hall–Kier alpha value is -1.13. The predicted octanol–water partition coefficient (Wildman–Crippen LogP) is 2.64. The van der Waals surface area contributed by atoms with Gasteiger partial charge in [-0.15, -0.1) is 0 Å². The number of rotatable bonds is 6. The second-order valence-corrected chi connectivity index (χ2v) is 5.65. The van der Waals surface area contributed by atoms with Crippen molar-refractivity contribution in [3.8, 4) is 0 Å². The van der Waals surface area contributed by atoms with Crippen molar-refractivity contribution >= 4 is 5.69 Å². The Balaban J connectivity index is 2.08. The van der Waals surface area contributed by atoms with Crippen LogP contribution in [0.3, 0.4) is 0 Å². The fraction of sp³-hybridized carbons (Fsp3) is 0.625. The summed E-state index contributed by atoms with van der Waals surface area (Å²) in [5, 5.41) is 3.14. The van der Waals surface area contributed by atoms with Crippen LogP contribution in [0.2, 0.25) is 0 Å². The van der Waals surface area contributed by atoms with Crippen LogP contribution in [0.25, 0.3) is 0 Å². The topological polar surface area (TPSA) is 18.5 Å². The van der Waals surface area contributed by atoms with Gasteiger partial charge >= 0.3 is 0 Å². The minimum Gasteiger partial charge on any atom is -0.373 e. The summed E-state index contributed by atoms with van der Waals surface area (Å²) in [6, 6.07) is 5.36. The normalized spacial score (nSPS) is 17.4. The van der Waals surface area contributed by atoms with E-state index in [1.165, 1.54) is 25.9 Å². The summed E-state index contributed by atoms with van der Waals surface area (Å²) in [6.45, 7) is 6.40. The van der Waals surface area contributed by atoms with Crippen LogP contribution in [-0.2, 0) is 0 Å². The molecule has 0 bridgehead atoms. The average Bonchev–Trinajstić information content (AvgIpc) is 2.97. The summed E-state index contributed by atoms with van der Waals surface area (Å²) >= 11 is 0. The van der Waals surface area contributed by atoms with Gasteiger partial charge in [0.05, 0.1) is 0 Å². The molecule has 0 aliphatic carbocycles. The molecule has 4 heteroatoms. The number of hydrogen-bond donors (Lipinski definition) is 1. The highest BCUT2D eigenvalue weighted by Crippen LogP contribution is 2.28. The van der Waals surface area contributed by atoms with Crippen molar-refractivity contribution in [3.05, 3.63) is 29.6 Å². The molecular weight excluding hydrogens is 253 g/mol. The molecule has 1 aliphatic rings. The maximum absolute atomic E-state index is 14.1. The number of halogens is 1. The molecular formula is C16H26FN3. The Bertz CT molecular complexity index is 430. The third-order valence-corrected chi connectivity index (χ3v) is 4.26. The van der Waals surface area contributed by atoms with E-state index < -0.39 is 0 Å². The van der Waals surface area contributed by atoms with Gasteiger partial charge in [0, 0.05) is 37.4 Å². The van der Waals surface area contributed by atoms with E-state index in [2.05, 4.69) is 22.2 Å². The van der Waals surface area contributed by atoms with Crippen LogP contribution in [-0.4, -0.2) is 45.2 Å². The highest BCUT2D eigenvalue weighted by Gasteiger charge is 2.18. The molecule has 1 atom stereocenters. The second-order valence-electron chi connectivity index (χ2n) is 5.65. The molecule has 1 heterocycles. The zero-order valence-electron chi connectivity index (χ0n) is 12.8. The first-order valence-corrected chi connectivity index (χ1v) is 7.52. The third kappa shape index (κ3) is 3.49. The zero-order valence-corrected chi connectivity index (χ0v) is 12.8. The van der Waals surface area contributed by atoms with Gasteiger partial charge in [0.25, 0.3) is 0 Å². The summed E-state index contributed by atoms with van der Waals surface area (Å²) in [4.78, 5) is 4.65. The third-order valence-electron chi connectivity index (χ3n) is 4.26. The van der Waals surface area contributed by atoms with Gasteiger partial charge < -0.3 is 15.1 Å². The summed E-state index contributed by atoms with van der Waals surface area (Å²) in [5.41, 5.74) is 1.75. The Kier molecular flexibility index (Phi) is 5.38. The number of nitrogens with zero attached hydrogens (tertiary/aromatic N) is 2. The largest absolute Gasteiger partial charge is 0.373 e. The first kappa shape index (κ1) is 15.3. The van der Waals surface area contributed by atoms with Crippen molar-refractivity contribution in [1.82, 2.24) is 10.2 Å². The van der Waals surface area contributed by atoms with Crippen LogP contribution >= 0.6 is 0 Å². The Morgan fingerprint density at radius 1 is 1.35 bits per heavy atom. The lowest BCUT2D eigenvalue weighted by atomic mass is 10.0. The first-order valence-electron chi connectivity index (χ1n) is 7.52. The lowest BCUT2D eigenvalue weighted by Crippen LogP contribution is -2.32. The molecule has 1 N–H and O–H groups in total. The summed E-state index contributed by atoms with van der Waals surface area (Å²) in [6.07, 6.45) is 2.62. The second kappa shape index (κ2) is 7.04. The molecule has 2 rings (SSSR count). The fourth-order valence-corrected chi connectivity index (χ4v) is 2.85. The van der Waals surface area contributed by atoms with Gasteiger partial charge in [-0.25, -0.2) is 4.39 Å². The van der Waals surface area contributed by atoms with Gasteiger partial charge in [-0.05, 0) is 52.0 Å². The van der Waals surface area contributed by atoms with E-state index in [1.807, 2.05) is 20.0 Å². The van der Waals surface area contributed by atoms with Crippen LogP contribution in [0.4, 0.5) is 10.1 Å². The molecule has 0 radical (unpaired) electrons. The Labute approximate surface area is 121 Å². The van der Waals surface area contributed by atoms with E-state index in [1.54, 1.807) is 12.1 Å². The van der Waals surface area contributed by atoms with Gasteiger partial charge in [0.1, 0.15) is 5.82 Å². The summed E-state index contributed by atoms with van der Waals surface area (Å²) < 4.78 is 14.1. The van der Waals surface area contributed by atoms with Gasteiger partial charge in [-0.3, -0.25) is 0 Å². The first-order chi connectivity index (χ1) is 9.63. The molecule has 3 nitrogen and oxygen atoms in total. The Morgan fingerprint density at radius 3 is 2.70 bits per heavy atom. The summed E-state index contributed by atoms with van der Waals surface area (Å²) in [7, 11) is 3.92. The molecule has 20 heavy (non-hydrogen) atoms. The monoisotopic (exact) mass is 279 g/mol. The molecule has 1 saturated heterocycles. The van der Waals surface area contributed by atoms with Crippen LogP contribution < -0.4 is 10.2 Å². The van der Waals surface area contributed by atoms with Crippen molar-refractivity contribution in [3.63, 3.8) is 0 Å². The number of benzene rings is 1. The SMILES string of the molecule is CNC(C)c1c(F)cccc1N(C)CCN1CCCC1. The molecule has 0 saturated carbocycles. The molecule has 0 amide bonds. The molecule has 1 aromatic carbocycles. The maximum atomic E-state index is 14.1. The minimum atomic E-state index is -0.127. The van der Waals surface area contributed by atoms with E-state index in [-0.39, 0.29) is 11.9 Å². The number of nitrogens with one attached hydrogen (secondary N) is 1. The molecule has 1 aliphatic heterocycles. The van der Waals surface area contributed by atoms with Crippen molar-refractivity contribution in [2.75, 3.05) is 45.2 Å². The van der Waals surface area contributed by atoms with Crippen molar-refractivity contribution < 1.29 is 4.39 Å². The molecule has 1 aromatic rings. The van der Waals surface area contributed by atoms with Crippen LogP contribution in [0, 0.1) is 5.82 Å². The van der Waals surface area contributed by atoms with E-state index in [0.29, 0.717) is 0 Å². The number of hydrogen-bond acceptors (Lipinski definition) is 3. The molecule has 0 aromatic heterocycles. The van der Waals surface area contributed by atoms with Crippen molar-refractivity contribution in [1.29, 1.82) is 0 Å². The maximum Gasteiger partial charge on any atom is 0.130 e. The molecule has 0 spiro atoms. The standard InChI is InChI=1S/C16H26FN3/c1-13(18-2)16-14(17)7-6-8-15(16)19(3)11-12-20-9-4-5-10-20/h6-8,13,18H,4-5,9-12H2,1-3H3. The van der Waals surface area contributed by atoms with Crippen LogP contribution in [0.15, 0.2) is 18.2 Å². The smallest absolute Gasteiger partial charge is 0.130 e. The minimum absolute atomic E-state index is 0.0143. The number of likely N-dealkylation sites (tertiary alicyclic amines) is 1. The lowest BCUT2D eigenvalue weighted by molar-refractivity contribution is 0.346. The van der Waals surface area contributed by atoms with Crippen LogP contribution in [0.1, 0.15) is 31.4 Å². The lowest BCUT2D eigenvalue weighted by Gasteiger charge is -2.27. The Morgan fingerprint density at radius 2 is 2.05 bits per heavy atom. The predicted molar refractivity (Wildman–Crippen MR) is 82.8 cm³/mol. The van der Waals surface area contributed by atoms with E-state index in [9.17, 15) is 4.39 Å². The van der Waals surface area contributed by atoms with E-state index >= 15 is 0 Å². The average molecular weight is 279 g/mol. The molecule has 1 fully saturated rings. The van der Waals surface area contributed by atoms with Gasteiger partial charge in [-0.2, -0.15) is 0 Å². The van der Waals surface area contributed by atoms with Gasteiger partial charge in [0.2, 0.25) is 0 Å². The van der Waals surface area contributed by atoms with E-state index in [0.717, 1.165) is 24.3 Å². The fourth-order valence-electron chi connectivity index (χ4n) is 2.85. The van der Waals surface area contributed by atoms with Crippen molar-refractivity contribution in [2.45, 2.75) is 25.8 Å². The van der Waals surface area contributed by atoms with Crippen LogP contribution in [0.5, 0.6) is 0 Å². The zero-order chi connectivity index (χ0) is 14.5. The van der Waals surface area contributed by atoms with E-state index in [4.69, 9.17) is 0 Å². The quantitative estimate of drug-likeness (QED) is 0.863. The molecule has 1 unspecified atom stereocenters. The number of anilines is 1. The highest BCUT2D eigenvalue weighted by molar-refractivity contribution is 5.55. The summed E-state index contributed by atoms with van der Waals surface area (Å²) in [5.74, 6) is -0.127. The highest BCUT2D eigenvalue weighted by atomic mass is 19.1. The number of likely N-dealkylation sites (N-methyl/N-ethyl adjacent to an activating group) is 1.